The summed E-state index contributed by atoms with van der Waals surface area (Å²) in [5, 5.41) is 0. The predicted molar refractivity (Wildman–Crippen MR) is 104 cm³/mol. The van der Waals surface area contributed by atoms with Crippen LogP contribution in [0.25, 0.3) is 10.2 Å². The summed E-state index contributed by atoms with van der Waals surface area (Å²) in [5.41, 5.74) is 0.600. The maximum atomic E-state index is 13.4. The average molecular weight is 423 g/mol. The van der Waals surface area contributed by atoms with Crippen LogP contribution in [-0.2, 0) is 26.0 Å². The van der Waals surface area contributed by atoms with Gasteiger partial charge in [-0.25, -0.2) is 12.8 Å². The van der Waals surface area contributed by atoms with Gasteiger partial charge in [-0.1, -0.05) is 17.3 Å². The summed E-state index contributed by atoms with van der Waals surface area (Å²) in [6.07, 6.45) is 7.05. The Morgan fingerprint density at radius 3 is 2.64 bits per heavy atom. The number of carbonyl (C=O) groups excluding carboxylic acids is 2. The third-order valence-corrected chi connectivity index (χ3v) is 6.67. The molecule has 0 atom stereocenters. The molecule has 1 aliphatic rings. The zero-order valence-corrected chi connectivity index (χ0v) is 16.6. The molecule has 148 valence electrons. The second-order valence-corrected chi connectivity index (χ2v) is 9.49. The zero-order chi connectivity index (χ0) is 20.3. The van der Waals surface area contributed by atoms with Gasteiger partial charge in [-0.2, -0.15) is 4.99 Å². The first kappa shape index (κ1) is 20.2. The minimum Gasteiger partial charge on any atom is -0.342 e. The highest BCUT2D eigenvalue weighted by Gasteiger charge is 2.26. The largest absolute Gasteiger partial charge is 0.342 e. The van der Waals surface area contributed by atoms with Crippen molar-refractivity contribution in [2.24, 2.45) is 4.99 Å². The molecule has 1 aromatic heterocycles. The van der Waals surface area contributed by atoms with Crippen molar-refractivity contribution in [3.63, 3.8) is 0 Å². The molecule has 7 nitrogen and oxygen atoms in total. The van der Waals surface area contributed by atoms with Crippen LogP contribution in [0.15, 0.2) is 23.2 Å². The van der Waals surface area contributed by atoms with E-state index in [0.29, 0.717) is 23.3 Å². The molecule has 1 aromatic carbocycles. The monoisotopic (exact) mass is 423 g/mol. The fraction of sp³-hybridized carbons (Fsp3) is 0.389. The molecule has 0 N–H and O–H groups in total. The van der Waals surface area contributed by atoms with Crippen LogP contribution < -0.4 is 4.80 Å². The predicted octanol–water partition coefficient (Wildman–Crippen LogP) is 0.940. The van der Waals surface area contributed by atoms with Crippen molar-refractivity contribution in [3.8, 4) is 12.3 Å². The molecular weight excluding hydrogens is 405 g/mol. The lowest BCUT2D eigenvalue weighted by Crippen LogP contribution is -2.35. The Hall–Kier alpha value is -2.51. The lowest BCUT2D eigenvalue weighted by atomic mass is 10.3. The van der Waals surface area contributed by atoms with Crippen LogP contribution in [0, 0.1) is 18.2 Å². The molecule has 0 saturated carbocycles. The maximum absolute atomic E-state index is 13.4. The number of sulfone groups is 1. The molecule has 10 heteroatoms. The molecule has 2 aromatic rings. The van der Waals surface area contributed by atoms with Gasteiger partial charge in [0.1, 0.15) is 17.3 Å². The molecule has 3 rings (SSSR count). The summed E-state index contributed by atoms with van der Waals surface area (Å²) < 4.78 is 39.9. The van der Waals surface area contributed by atoms with Crippen LogP contribution in [0.3, 0.4) is 0 Å². The van der Waals surface area contributed by atoms with Gasteiger partial charge in [-0.15, -0.1) is 6.42 Å². The molecule has 28 heavy (non-hydrogen) atoms. The third kappa shape index (κ3) is 4.66. The van der Waals surface area contributed by atoms with E-state index < -0.39 is 39.0 Å². The Labute approximate surface area is 165 Å². The van der Waals surface area contributed by atoms with Gasteiger partial charge < -0.3 is 9.47 Å². The van der Waals surface area contributed by atoms with Gasteiger partial charge in [0.05, 0.1) is 16.8 Å². The molecule has 0 radical (unpaired) electrons. The van der Waals surface area contributed by atoms with E-state index in [1.807, 2.05) is 0 Å². The summed E-state index contributed by atoms with van der Waals surface area (Å²) in [6.45, 7) is 1.17. The van der Waals surface area contributed by atoms with Crippen molar-refractivity contribution >= 4 is 43.2 Å². The van der Waals surface area contributed by atoms with Crippen molar-refractivity contribution in [1.29, 1.82) is 0 Å². The quantitative estimate of drug-likeness (QED) is 0.670. The van der Waals surface area contributed by atoms with E-state index in [4.69, 9.17) is 6.42 Å². The van der Waals surface area contributed by atoms with Crippen LogP contribution in [0.1, 0.15) is 12.8 Å². The lowest BCUT2D eigenvalue weighted by molar-refractivity contribution is -0.127. The molecular formula is C18H18FN3O4S2. The van der Waals surface area contributed by atoms with Crippen LogP contribution >= 0.6 is 11.3 Å². The molecule has 0 aliphatic carbocycles. The van der Waals surface area contributed by atoms with Gasteiger partial charge in [0.15, 0.2) is 14.6 Å². The van der Waals surface area contributed by atoms with Crippen LogP contribution in [0.2, 0.25) is 0 Å². The van der Waals surface area contributed by atoms with Gasteiger partial charge >= 0.3 is 0 Å². The van der Waals surface area contributed by atoms with Crippen molar-refractivity contribution in [2.45, 2.75) is 19.4 Å². The third-order valence-electron chi connectivity index (χ3n) is 4.26. The first-order chi connectivity index (χ1) is 13.3. The summed E-state index contributed by atoms with van der Waals surface area (Å²) in [6, 6.07) is 4.08. The Bertz CT molecular complexity index is 1140. The zero-order valence-electron chi connectivity index (χ0n) is 14.9. The van der Waals surface area contributed by atoms with Gasteiger partial charge in [0, 0.05) is 13.1 Å². The first-order valence-electron chi connectivity index (χ1n) is 8.57. The summed E-state index contributed by atoms with van der Waals surface area (Å²) in [4.78, 5) is 29.8. The number of rotatable bonds is 5. The van der Waals surface area contributed by atoms with Gasteiger partial charge in [0.2, 0.25) is 5.91 Å². The fourth-order valence-electron chi connectivity index (χ4n) is 3.00. The standard InChI is InChI=1S/C18H18FN3O4S2/c1-2-7-22-14-6-5-13(19)10-15(14)27-18(22)20-16(23)11-28(25,26)12-17(24)21-8-3-4-9-21/h1,5-6,10H,3-4,7-9,11-12H2. The molecule has 2 heterocycles. The number of aromatic nitrogens is 1. The molecule has 1 aliphatic heterocycles. The number of benzene rings is 1. The van der Waals surface area contributed by atoms with Crippen LogP contribution in [-0.4, -0.2) is 54.3 Å². The number of carbonyl (C=O) groups is 2. The Morgan fingerprint density at radius 2 is 1.96 bits per heavy atom. The van der Waals surface area contributed by atoms with Crippen molar-refractivity contribution in [3.05, 3.63) is 28.8 Å². The number of thiazole rings is 1. The van der Waals surface area contributed by atoms with Crippen molar-refractivity contribution < 1.29 is 22.4 Å². The van der Waals surface area contributed by atoms with Crippen LogP contribution in [0.4, 0.5) is 4.39 Å². The normalized spacial score (nSPS) is 15.1. The van der Waals surface area contributed by atoms with E-state index in [0.717, 1.165) is 24.2 Å². The topological polar surface area (TPSA) is 88.8 Å². The minimum absolute atomic E-state index is 0.0952. The summed E-state index contributed by atoms with van der Waals surface area (Å²) in [7, 11) is -3.94. The van der Waals surface area contributed by atoms with E-state index in [1.54, 1.807) is 4.57 Å². The second kappa shape index (κ2) is 8.24. The van der Waals surface area contributed by atoms with E-state index in [1.165, 1.54) is 23.1 Å². The van der Waals surface area contributed by atoms with E-state index in [9.17, 15) is 22.4 Å². The number of hydrogen-bond donors (Lipinski definition) is 0. The number of amides is 2. The smallest absolute Gasteiger partial charge is 0.263 e. The number of terminal acetylenes is 1. The Morgan fingerprint density at radius 1 is 1.25 bits per heavy atom. The highest BCUT2D eigenvalue weighted by atomic mass is 32.2. The van der Waals surface area contributed by atoms with Gasteiger partial charge in [0.25, 0.3) is 5.91 Å². The highest BCUT2D eigenvalue weighted by molar-refractivity contribution is 7.92. The molecule has 1 fully saturated rings. The Balaban J connectivity index is 1.82. The fourth-order valence-corrected chi connectivity index (χ4v) is 5.17. The van der Waals surface area contributed by atoms with Gasteiger partial charge in [-0.3, -0.25) is 9.59 Å². The summed E-state index contributed by atoms with van der Waals surface area (Å²) in [5.74, 6) is -0.983. The SMILES string of the molecule is C#CCn1c(=NC(=O)CS(=O)(=O)CC(=O)N2CCCC2)sc2cc(F)ccc21. The van der Waals surface area contributed by atoms with Gasteiger partial charge in [-0.05, 0) is 31.0 Å². The average Bonchev–Trinajstić information content (AvgIpc) is 3.23. The van der Waals surface area contributed by atoms with Crippen molar-refractivity contribution in [1.82, 2.24) is 9.47 Å². The number of halogens is 1. The molecule has 0 unspecified atom stereocenters. The first-order valence-corrected chi connectivity index (χ1v) is 11.2. The molecule has 0 bridgehead atoms. The number of nitrogens with zero attached hydrogens (tertiary/aromatic N) is 3. The summed E-state index contributed by atoms with van der Waals surface area (Å²) >= 11 is 1.04. The van der Waals surface area contributed by atoms with E-state index in [2.05, 4.69) is 10.9 Å². The minimum atomic E-state index is -3.94. The van der Waals surface area contributed by atoms with Crippen molar-refractivity contribution in [2.75, 3.05) is 24.6 Å². The van der Waals surface area contributed by atoms with E-state index in [-0.39, 0.29) is 11.3 Å². The number of fused-ring (bicyclic) bond motifs is 1. The molecule has 2 amide bonds. The van der Waals surface area contributed by atoms with Crippen LogP contribution in [0.5, 0.6) is 0 Å². The maximum Gasteiger partial charge on any atom is 0.263 e. The number of likely N-dealkylation sites (tertiary alicyclic amines) is 1. The van der Waals surface area contributed by atoms with E-state index >= 15 is 0 Å². The number of hydrogen-bond acceptors (Lipinski definition) is 5. The highest BCUT2D eigenvalue weighted by Crippen LogP contribution is 2.18. The Kier molecular flexibility index (Phi) is 5.96. The lowest BCUT2D eigenvalue weighted by Gasteiger charge is -2.14. The molecule has 1 saturated heterocycles. The second-order valence-electron chi connectivity index (χ2n) is 6.41. The molecule has 0 spiro atoms.